The summed E-state index contributed by atoms with van der Waals surface area (Å²) in [7, 11) is 0. The number of aliphatic hydroxyl groups is 1. The van der Waals surface area contributed by atoms with Crippen LogP contribution in [-0.2, 0) is 19.1 Å². The molecule has 0 unspecified atom stereocenters. The SMILES string of the molecule is CC(C)C(C)(C)C(=O)O[C@H]1CCC=C2C=C[C@H](C)[C@H](CC[C@@H]3C[C@@H](O)CC(=O)O3)[C@H]21. The molecule has 1 fully saturated rings. The van der Waals surface area contributed by atoms with Gasteiger partial charge < -0.3 is 14.6 Å². The minimum absolute atomic E-state index is 0.0955. The molecule has 0 spiro atoms. The Balaban J connectivity index is 1.73. The molecular formula is C25H38O5. The van der Waals surface area contributed by atoms with E-state index in [0.29, 0.717) is 18.3 Å². The molecule has 0 bridgehead atoms. The Morgan fingerprint density at radius 2 is 2.07 bits per heavy atom. The van der Waals surface area contributed by atoms with Crippen LogP contribution in [0.5, 0.6) is 0 Å². The molecule has 0 radical (unpaired) electrons. The number of ether oxygens (including phenoxy) is 2. The van der Waals surface area contributed by atoms with Gasteiger partial charge in [-0.25, -0.2) is 0 Å². The first-order valence-electron chi connectivity index (χ1n) is 11.6. The number of carbonyl (C=O) groups is 2. The first-order chi connectivity index (χ1) is 14.1. The third-order valence-electron chi connectivity index (χ3n) is 7.63. The molecule has 0 aromatic heterocycles. The van der Waals surface area contributed by atoms with E-state index in [1.165, 1.54) is 5.57 Å². The van der Waals surface area contributed by atoms with E-state index in [9.17, 15) is 14.7 Å². The zero-order valence-corrected chi connectivity index (χ0v) is 19.1. The Morgan fingerprint density at radius 1 is 1.33 bits per heavy atom. The highest BCUT2D eigenvalue weighted by molar-refractivity contribution is 5.76. The van der Waals surface area contributed by atoms with Crippen LogP contribution in [0.4, 0.5) is 0 Å². The van der Waals surface area contributed by atoms with E-state index in [2.05, 4.69) is 39.0 Å². The number of esters is 2. The highest BCUT2D eigenvalue weighted by Crippen LogP contribution is 2.44. The number of fused-ring (bicyclic) bond motifs is 1. The van der Waals surface area contributed by atoms with Gasteiger partial charge in [0.1, 0.15) is 12.2 Å². The normalized spacial score (nSPS) is 34.2. The molecule has 1 heterocycles. The minimum atomic E-state index is -0.600. The van der Waals surface area contributed by atoms with Crippen molar-refractivity contribution in [2.75, 3.05) is 0 Å². The lowest BCUT2D eigenvalue weighted by molar-refractivity contribution is -0.167. The lowest BCUT2D eigenvalue weighted by Gasteiger charge is -2.43. The molecule has 1 saturated heterocycles. The van der Waals surface area contributed by atoms with Crippen molar-refractivity contribution < 1.29 is 24.2 Å². The number of allylic oxidation sites excluding steroid dienone is 3. The lowest BCUT2D eigenvalue weighted by Crippen LogP contribution is -2.43. The highest BCUT2D eigenvalue weighted by Gasteiger charge is 2.43. The monoisotopic (exact) mass is 418 g/mol. The second-order valence-electron chi connectivity index (χ2n) is 10.3. The van der Waals surface area contributed by atoms with Gasteiger partial charge in [-0.3, -0.25) is 9.59 Å². The predicted octanol–water partition coefficient (Wildman–Crippen LogP) is 4.59. The molecule has 3 aliphatic rings. The lowest BCUT2D eigenvalue weighted by atomic mass is 9.66. The molecule has 1 aliphatic heterocycles. The van der Waals surface area contributed by atoms with Crippen LogP contribution in [0.15, 0.2) is 23.8 Å². The summed E-state index contributed by atoms with van der Waals surface area (Å²) in [5.41, 5.74) is 0.754. The summed E-state index contributed by atoms with van der Waals surface area (Å²) in [6, 6.07) is 0. The largest absolute Gasteiger partial charge is 0.462 e. The second-order valence-corrected chi connectivity index (χ2v) is 10.3. The van der Waals surface area contributed by atoms with Gasteiger partial charge in [0.25, 0.3) is 0 Å². The van der Waals surface area contributed by atoms with Crippen molar-refractivity contribution in [2.45, 2.75) is 91.5 Å². The van der Waals surface area contributed by atoms with Crippen LogP contribution in [0.3, 0.4) is 0 Å². The van der Waals surface area contributed by atoms with Gasteiger partial charge in [0.15, 0.2) is 0 Å². The van der Waals surface area contributed by atoms with E-state index in [0.717, 1.165) is 25.7 Å². The zero-order valence-electron chi connectivity index (χ0n) is 19.1. The van der Waals surface area contributed by atoms with E-state index in [1.54, 1.807) is 0 Å². The molecule has 2 aliphatic carbocycles. The van der Waals surface area contributed by atoms with Crippen LogP contribution >= 0.6 is 0 Å². The first kappa shape index (κ1) is 23.1. The molecule has 0 aromatic rings. The molecule has 5 nitrogen and oxygen atoms in total. The van der Waals surface area contributed by atoms with E-state index in [1.807, 2.05) is 13.8 Å². The highest BCUT2D eigenvalue weighted by atomic mass is 16.6. The van der Waals surface area contributed by atoms with Crippen LogP contribution in [-0.4, -0.2) is 35.4 Å². The number of hydrogen-bond donors (Lipinski definition) is 1. The minimum Gasteiger partial charge on any atom is -0.462 e. The Morgan fingerprint density at radius 3 is 2.73 bits per heavy atom. The molecule has 30 heavy (non-hydrogen) atoms. The smallest absolute Gasteiger partial charge is 0.312 e. The Labute approximate surface area is 180 Å². The molecule has 0 saturated carbocycles. The molecule has 6 atom stereocenters. The van der Waals surface area contributed by atoms with Crippen LogP contribution in [0.25, 0.3) is 0 Å². The third kappa shape index (κ3) is 4.99. The Bertz CT molecular complexity index is 704. The predicted molar refractivity (Wildman–Crippen MR) is 115 cm³/mol. The first-order valence-corrected chi connectivity index (χ1v) is 11.6. The topological polar surface area (TPSA) is 72.8 Å². The molecule has 0 amide bonds. The summed E-state index contributed by atoms with van der Waals surface area (Å²) in [6.07, 6.45) is 9.76. The summed E-state index contributed by atoms with van der Waals surface area (Å²) >= 11 is 0. The standard InChI is InChI=1S/C25H38O5/c1-15(2)25(4,5)24(28)30-21-8-6-7-17-10-9-16(3)20(23(17)21)12-11-19-13-18(26)14-22(27)29-19/h7,9-10,15-16,18-21,23,26H,6,8,11-14H2,1-5H3/t16-,18+,19+,20-,21-,23-/m0/s1. The van der Waals surface area contributed by atoms with Crippen molar-refractivity contribution in [3.05, 3.63) is 23.8 Å². The maximum Gasteiger partial charge on any atom is 0.312 e. The third-order valence-corrected chi connectivity index (χ3v) is 7.63. The van der Waals surface area contributed by atoms with E-state index < -0.39 is 11.5 Å². The average Bonchev–Trinajstić information content (AvgIpc) is 2.66. The van der Waals surface area contributed by atoms with E-state index >= 15 is 0 Å². The number of aliphatic hydroxyl groups excluding tert-OH is 1. The van der Waals surface area contributed by atoms with Crippen LogP contribution < -0.4 is 0 Å². The molecule has 168 valence electrons. The number of rotatable bonds is 6. The quantitative estimate of drug-likeness (QED) is 0.639. The van der Waals surface area contributed by atoms with Gasteiger partial charge in [-0.05, 0) is 62.9 Å². The summed E-state index contributed by atoms with van der Waals surface area (Å²) in [5.74, 6) is 0.630. The van der Waals surface area contributed by atoms with Gasteiger partial charge in [0, 0.05) is 12.3 Å². The summed E-state index contributed by atoms with van der Waals surface area (Å²) < 4.78 is 11.6. The van der Waals surface area contributed by atoms with Crippen LogP contribution in [0.2, 0.25) is 0 Å². The van der Waals surface area contributed by atoms with Crippen molar-refractivity contribution >= 4 is 11.9 Å². The van der Waals surface area contributed by atoms with Crippen molar-refractivity contribution in [1.29, 1.82) is 0 Å². The van der Waals surface area contributed by atoms with Crippen molar-refractivity contribution in [2.24, 2.45) is 29.1 Å². The van der Waals surface area contributed by atoms with Gasteiger partial charge >= 0.3 is 11.9 Å². The fourth-order valence-corrected chi connectivity index (χ4v) is 4.90. The Hall–Kier alpha value is -1.62. The van der Waals surface area contributed by atoms with Gasteiger partial charge in [-0.2, -0.15) is 0 Å². The summed E-state index contributed by atoms with van der Waals surface area (Å²) in [6.45, 7) is 10.3. The van der Waals surface area contributed by atoms with Crippen molar-refractivity contribution in [3.8, 4) is 0 Å². The fraction of sp³-hybridized carbons (Fsp3) is 0.760. The molecule has 5 heteroatoms. The maximum atomic E-state index is 13.0. The van der Waals surface area contributed by atoms with Gasteiger partial charge in [-0.15, -0.1) is 0 Å². The van der Waals surface area contributed by atoms with Gasteiger partial charge in [0.05, 0.1) is 17.9 Å². The molecule has 1 N–H and O–H groups in total. The number of cyclic esters (lactones) is 1. The maximum absolute atomic E-state index is 13.0. The summed E-state index contributed by atoms with van der Waals surface area (Å²) in [4.78, 5) is 24.7. The Kier molecular flexibility index (Phi) is 7.11. The van der Waals surface area contributed by atoms with Crippen LogP contribution in [0, 0.1) is 29.1 Å². The van der Waals surface area contributed by atoms with E-state index in [4.69, 9.17) is 9.47 Å². The fourth-order valence-electron chi connectivity index (χ4n) is 4.90. The average molecular weight is 419 g/mol. The van der Waals surface area contributed by atoms with Crippen molar-refractivity contribution in [1.82, 2.24) is 0 Å². The summed E-state index contributed by atoms with van der Waals surface area (Å²) in [5, 5.41) is 9.91. The van der Waals surface area contributed by atoms with Crippen LogP contribution in [0.1, 0.15) is 73.1 Å². The van der Waals surface area contributed by atoms with Gasteiger partial charge in [0.2, 0.25) is 0 Å². The number of carbonyl (C=O) groups excluding carboxylic acids is 2. The van der Waals surface area contributed by atoms with Gasteiger partial charge in [-0.1, -0.05) is 39.0 Å². The van der Waals surface area contributed by atoms with E-state index in [-0.39, 0.29) is 42.4 Å². The number of hydrogen-bond acceptors (Lipinski definition) is 5. The molecule has 3 rings (SSSR count). The van der Waals surface area contributed by atoms with Crippen molar-refractivity contribution in [3.63, 3.8) is 0 Å². The second kappa shape index (κ2) is 9.25. The zero-order chi connectivity index (χ0) is 22.1. The molecular weight excluding hydrogens is 380 g/mol. The molecule has 0 aromatic carbocycles.